The Hall–Kier alpha value is -2.58. The van der Waals surface area contributed by atoms with Crippen molar-refractivity contribution >= 4 is 16.0 Å². The molecule has 2 aromatic rings. The number of rotatable bonds is 9. The first-order valence-corrected chi connectivity index (χ1v) is 9.84. The first kappa shape index (κ1) is 20.7. The normalized spacial score (nSPS) is 11.3. The minimum Gasteiger partial charge on any atom is -0.494 e. The van der Waals surface area contributed by atoms with E-state index in [1.165, 1.54) is 38.4 Å². The summed E-state index contributed by atoms with van der Waals surface area (Å²) in [5.74, 6) is 0.776. The molecule has 8 heteroatoms. The van der Waals surface area contributed by atoms with E-state index in [0.717, 1.165) is 10.1 Å². The van der Waals surface area contributed by atoms with Gasteiger partial charge in [-0.15, -0.1) is 0 Å². The predicted octanol–water partition coefficient (Wildman–Crippen LogP) is 2.57. The molecule has 0 spiro atoms. The molecule has 0 atom stereocenters. The Kier molecular flexibility index (Phi) is 7.20. The number of ether oxygens (including phenoxy) is 3. The third kappa shape index (κ3) is 5.70. The van der Waals surface area contributed by atoms with Gasteiger partial charge in [0.15, 0.2) is 0 Å². The Labute approximate surface area is 159 Å². The van der Waals surface area contributed by atoms with E-state index in [9.17, 15) is 13.2 Å². The highest BCUT2D eigenvalue weighted by atomic mass is 32.2. The molecule has 0 aliphatic carbocycles. The van der Waals surface area contributed by atoms with Crippen molar-refractivity contribution in [3.8, 4) is 11.5 Å². The molecule has 2 aromatic carbocycles. The van der Waals surface area contributed by atoms with E-state index in [-0.39, 0.29) is 23.7 Å². The number of carbonyl (C=O) groups excluding carboxylic acids is 1. The van der Waals surface area contributed by atoms with E-state index in [4.69, 9.17) is 14.2 Å². The fourth-order valence-electron chi connectivity index (χ4n) is 2.17. The molecule has 27 heavy (non-hydrogen) atoms. The van der Waals surface area contributed by atoms with Crippen LogP contribution in [0, 0.1) is 0 Å². The molecule has 0 amide bonds. The molecule has 2 rings (SSSR count). The molecule has 0 aliphatic heterocycles. The fourth-order valence-corrected chi connectivity index (χ4v) is 3.12. The van der Waals surface area contributed by atoms with Crippen molar-refractivity contribution in [1.29, 1.82) is 0 Å². The Bertz CT molecular complexity index is 862. The van der Waals surface area contributed by atoms with Crippen LogP contribution in [0.25, 0.3) is 0 Å². The molecule has 0 bridgehead atoms. The summed E-state index contributed by atoms with van der Waals surface area (Å²) in [4.78, 5) is 12.2. The summed E-state index contributed by atoms with van der Waals surface area (Å²) in [6.45, 7) is 2.71. The Balaban J connectivity index is 1.87. The summed E-state index contributed by atoms with van der Waals surface area (Å²) < 4.78 is 41.3. The lowest BCUT2D eigenvalue weighted by Gasteiger charge is -2.12. The van der Waals surface area contributed by atoms with Crippen LogP contribution in [0.5, 0.6) is 11.5 Å². The lowest BCUT2D eigenvalue weighted by Crippen LogP contribution is -2.22. The second-order valence-corrected chi connectivity index (χ2v) is 7.86. The van der Waals surface area contributed by atoms with Gasteiger partial charge in [0.05, 0.1) is 17.1 Å². The Morgan fingerprint density at radius 2 is 1.59 bits per heavy atom. The summed E-state index contributed by atoms with van der Waals surface area (Å²) in [5, 5.41) is 0. The average Bonchev–Trinajstić information content (AvgIpc) is 2.66. The quantitative estimate of drug-likeness (QED) is 0.481. The summed E-state index contributed by atoms with van der Waals surface area (Å²) in [6.07, 6.45) is 0. The first-order chi connectivity index (χ1) is 12.8. The van der Waals surface area contributed by atoms with Gasteiger partial charge in [-0.25, -0.2) is 17.5 Å². The minimum atomic E-state index is -3.61. The first-order valence-electron chi connectivity index (χ1n) is 8.40. The van der Waals surface area contributed by atoms with Crippen LogP contribution in [-0.2, 0) is 14.8 Å². The number of carbonyl (C=O) groups is 1. The van der Waals surface area contributed by atoms with E-state index in [1.807, 2.05) is 6.92 Å². The number of sulfonamides is 1. The molecule has 0 unspecified atom stereocenters. The number of esters is 1. The third-order valence-corrected chi connectivity index (χ3v) is 5.38. The number of nitrogens with zero attached hydrogens (tertiary/aromatic N) is 1. The van der Waals surface area contributed by atoms with Crippen LogP contribution in [0.1, 0.15) is 17.3 Å². The zero-order chi connectivity index (χ0) is 19.9. The molecule has 0 N–H and O–H groups in total. The van der Waals surface area contributed by atoms with E-state index in [0.29, 0.717) is 12.4 Å². The van der Waals surface area contributed by atoms with Crippen molar-refractivity contribution in [1.82, 2.24) is 4.31 Å². The van der Waals surface area contributed by atoms with Gasteiger partial charge in [-0.2, -0.15) is 0 Å². The average molecular weight is 393 g/mol. The van der Waals surface area contributed by atoms with Crippen molar-refractivity contribution in [2.45, 2.75) is 11.8 Å². The van der Waals surface area contributed by atoms with E-state index in [2.05, 4.69) is 0 Å². The second-order valence-electron chi connectivity index (χ2n) is 5.70. The minimum absolute atomic E-state index is 0.0348. The van der Waals surface area contributed by atoms with E-state index >= 15 is 0 Å². The van der Waals surface area contributed by atoms with Crippen molar-refractivity contribution in [3.63, 3.8) is 0 Å². The van der Waals surface area contributed by atoms with Crippen LogP contribution in [0.2, 0.25) is 0 Å². The van der Waals surface area contributed by atoms with Gasteiger partial charge in [-0.05, 0) is 49.4 Å². The molecule has 0 aromatic heterocycles. The van der Waals surface area contributed by atoms with Crippen molar-refractivity contribution < 1.29 is 27.4 Å². The molecule has 0 aliphatic rings. The van der Waals surface area contributed by atoms with Crippen molar-refractivity contribution in [3.05, 3.63) is 54.1 Å². The molecule has 146 valence electrons. The van der Waals surface area contributed by atoms with Crippen LogP contribution >= 0.6 is 0 Å². The van der Waals surface area contributed by atoms with Crippen LogP contribution < -0.4 is 9.47 Å². The van der Waals surface area contributed by atoms with Gasteiger partial charge < -0.3 is 14.2 Å². The fraction of sp³-hybridized carbons (Fsp3) is 0.316. The lowest BCUT2D eigenvalue weighted by atomic mass is 10.2. The topological polar surface area (TPSA) is 82.1 Å². The summed E-state index contributed by atoms with van der Waals surface area (Å²) in [7, 11) is -0.753. The SMILES string of the molecule is CCOc1ccc(OCCOC(=O)c2cccc(S(=O)(=O)N(C)C)c2)cc1. The summed E-state index contributed by atoms with van der Waals surface area (Å²) >= 11 is 0. The van der Waals surface area contributed by atoms with Crippen molar-refractivity contribution in [2.24, 2.45) is 0 Å². The molecule has 0 saturated carbocycles. The third-order valence-electron chi connectivity index (χ3n) is 3.57. The molecule has 7 nitrogen and oxygen atoms in total. The van der Waals surface area contributed by atoms with Gasteiger partial charge in [0, 0.05) is 14.1 Å². The molecule has 0 fully saturated rings. The molecular formula is C19H23NO6S. The molecular weight excluding hydrogens is 370 g/mol. The predicted molar refractivity (Wildman–Crippen MR) is 101 cm³/mol. The Morgan fingerprint density at radius 1 is 0.963 bits per heavy atom. The highest BCUT2D eigenvalue weighted by Gasteiger charge is 2.19. The summed E-state index contributed by atoms with van der Waals surface area (Å²) in [5.41, 5.74) is 0.166. The maximum Gasteiger partial charge on any atom is 0.338 e. The highest BCUT2D eigenvalue weighted by molar-refractivity contribution is 7.89. The monoisotopic (exact) mass is 393 g/mol. The maximum atomic E-state index is 12.1. The number of benzene rings is 2. The maximum absolute atomic E-state index is 12.1. The van der Waals surface area contributed by atoms with Crippen LogP contribution in [0.15, 0.2) is 53.4 Å². The molecule has 0 radical (unpaired) electrons. The molecule has 0 heterocycles. The van der Waals surface area contributed by atoms with Crippen molar-refractivity contribution in [2.75, 3.05) is 33.9 Å². The van der Waals surface area contributed by atoms with Gasteiger partial charge in [0.2, 0.25) is 10.0 Å². The van der Waals surface area contributed by atoms with E-state index < -0.39 is 16.0 Å². The van der Waals surface area contributed by atoms with Gasteiger partial charge >= 0.3 is 5.97 Å². The Morgan fingerprint density at radius 3 is 2.19 bits per heavy atom. The standard InChI is InChI=1S/C19H23NO6S/c1-4-24-16-8-10-17(11-9-16)25-12-13-26-19(21)15-6-5-7-18(14-15)27(22,23)20(2)3/h5-11,14H,4,12-13H2,1-3H3. The van der Waals surface area contributed by atoms with Gasteiger partial charge in [-0.3, -0.25) is 0 Å². The van der Waals surface area contributed by atoms with Gasteiger partial charge in [-0.1, -0.05) is 6.07 Å². The molecule has 0 saturated heterocycles. The van der Waals surface area contributed by atoms with Crippen LogP contribution in [0.3, 0.4) is 0 Å². The number of hydrogen-bond acceptors (Lipinski definition) is 6. The summed E-state index contributed by atoms with van der Waals surface area (Å²) in [6, 6.07) is 12.9. The number of hydrogen-bond donors (Lipinski definition) is 0. The van der Waals surface area contributed by atoms with Gasteiger partial charge in [0.1, 0.15) is 24.7 Å². The second kappa shape index (κ2) is 9.38. The largest absolute Gasteiger partial charge is 0.494 e. The zero-order valence-electron chi connectivity index (χ0n) is 15.5. The van der Waals surface area contributed by atoms with Gasteiger partial charge in [0.25, 0.3) is 0 Å². The lowest BCUT2D eigenvalue weighted by molar-refractivity contribution is 0.0450. The smallest absolute Gasteiger partial charge is 0.338 e. The highest BCUT2D eigenvalue weighted by Crippen LogP contribution is 2.18. The van der Waals surface area contributed by atoms with E-state index in [1.54, 1.807) is 24.3 Å². The van der Waals surface area contributed by atoms with Crippen LogP contribution in [0.4, 0.5) is 0 Å². The zero-order valence-corrected chi connectivity index (χ0v) is 16.4. The van der Waals surface area contributed by atoms with Crippen LogP contribution in [-0.4, -0.2) is 52.6 Å².